The van der Waals surface area contributed by atoms with Gasteiger partial charge in [0.2, 0.25) is 21.4 Å². The van der Waals surface area contributed by atoms with Gasteiger partial charge in [0, 0.05) is 31.7 Å². The highest BCUT2D eigenvalue weighted by Gasteiger charge is 2.24. The SMILES string of the molecule is Cc1cc(C)[n+](NC(=O)c2cc(S(N)(=O)=O)c(Cl)cc2NCc2ccco2)c(C)c1. The lowest BCUT2D eigenvalue weighted by molar-refractivity contribution is -0.654. The molecule has 0 radical (unpaired) electrons. The first-order valence-corrected chi connectivity index (χ1v) is 10.9. The second-order valence-electron chi connectivity index (χ2n) is 6.90. The zero-order chi connectivity index (χ0) is 22.1. The minimum atomic E-state index is -4.12. The summed E-state index contributed by atoms with van der Waals surface area (Å²) in [5.41, 5.74) is 5.88. The molecule has 3 aromatic rings. The lowest BCUT2D eigenvalue weighted by Gasteiger charge is -2.14. The largest absolute Gasteiger partial charge is 0.467 e. The van der Waals surface area contributed by atoms with Crippen molar-refractivity contribution in [2.75, 3.05) is 10.7 Å². The van der Waals surface area contributed by atoms with Crippen LogP contribution in [0.25, 0.3) is 0 Å². The zero-order valence-electron chi connectivity index (χ0n) is 16.7. The fraction of sp³-hybridized carbons (Fsp3) is 0.200. The van der Waals surface area contributed by atoms with Crippen molar-refractivity contribution in [2.45, 2.75) is 32.2 Å². The highest BCUT2D eigenvalue weighted by molar-refractivity contribution is 7.89. The second-order valence-corrected chi connectivity index (χ2v) is 8.83. The van der Waals surface area contributed by atoms with Gasteiger partial charge in [-0.15, -0.1) is 5.43 Å². The van der Waals surface area contributed by atoms with Crippen molar-refractivity contribution in [2.24, 2.45) is 5.14 Å². The molecule has 10 heteroatoms. The topological polar surface area (TPSA) is 118 Å². The van der Waals surface area contributed by atoms with E-state index in [1.165, 1.54) is 12.3 Å². The van der Waals surface area contributed by atoms with Crippen LogP contribution in [-0.4, -0.2) is 14.3 Å². The number of anilines is 1. The maximum absolute atomic E-state index is 13.1. The number of rotatable bonds is 6. The van der Waals surface area contributed by atoms with Gasteiger partial charge in [-0.1, -0.05) is 16.3 Å². The second kappa shape index (κ2) is 8.47. The standard InChI is InChI=1S/C20H21ClN4O4S/c1-12-7-13(2)25(14(3)8-12)24-20(26)16-9-19(30(22,27)28)17(21)10-18(16)23-11-15-5-4-6-29-15/h4-10H,11H2,1-3H3,(H3-,22,23,24,26,27,28)/p+1. The molecule has 3 rings (SSSR count). The van der Waals surface area contributed by atoms with Crippen molar-refractivity contribution < 1.29 is 22.3 Å². The summed E-state index contributed by atoms with van der Waals surface area (Å²) in [6.07, 6.45) is 1.53. The van der Waals surface area contributed by atoms with E-state index in [4.69, 9.17) is 21.2 Å². The van der Waals surface area contributed by atoms with Crippen molar-refractivity contribution >= 4 is 33.2 Å². The highest BCUT2D eigenvalue weighted by Crippen LogP contribution is 2.29. The lowest BCUT2D eigenvalue weighted by atomic mass is 10.1. The van der Waals surface area contributed by atoms with Gasteiger partial charge in [-0.2, -0.15) is 0 Å². The fourth-order valence-electron chi connectivity index (χ4n) is 3.15. The van der Waals surface area contributed by atoms with Crippen LogP contribution in [0, 0.1) is 20.8 Å². The van der Waals surface area contributed by atoms with Gasteiger partial charge in [-0.25, -0.2) is 13.6 Å². The average Bonchev–Trinajstić information content (AvgIpc) is 3.15. The number of sulfonamides is 1. The minimum absolute atomic E-state index is 0.0712. The molecule has 8 nitrogen and oxygen atoms in total. The van der Waals surface area contributed by atoms with Gasteiger partial charge in [0.15, 0.2) is 0 Å². The summed E-state index contributed by atoms with van der Waals surface area (Å²) in [6, 6.07) is 9.86. The number of furan rings is 1. The van der Waals surface area contributed by atoms with E-state index in [2.05, 4.69) is 10.7 Å². The summed E-state index contributed by atoms with van der Waals surface area (Å²) in [7, 11) is -4.12. The van der Waals surface area contributed by atoms with E-state index in [1.54, 1.807) is 16.8 Å². The minimum Gasteiger partial charge on any atom is -0.467 e. The summed E-state index contributed by atoms with van der Waals surface area (Å²) in [6.45, 7) is 5.94. The number of primary sulfonamides is 1. The predicted molar refractivity (Wildman–Crippen MR) is 113 cm³/mol. The lowest BCUT2D eigenvalue weighted by Crippen LogP contribution is -2.53. The maximum Gasteiger partial charge on any atom is 0.307 e. The van der Waals surface area contributed by atoms with Crippen molar-refractivity contribution in [1.29, 1.82) is 0 Å². The molecule has 158 valence electrons. The Morgan fingerprint density at radius 3 is 2.40 bits per heavy atom. The molecule has 0 atom stereocenters. The van der Waals surface area contributed by atoms with Crippen LogP contribution in [0.4, 0.5) is 5.69 Å². The van der Waals surface area contributed by atoms with Crippen LogP contribution >= 0.6 is 11.6 Å². The first kappa shape index (κ1) is 21.8. The normalized spacial score (nSPS) is 11.4. The predicted octanol–water partition coefficient (Wildman–Crippen LogP) is 2.79. The van der Waals surface area contributed by atoms with E-state index in [0.29, 0.717) is 11.4 Å². The van der Waals surface area contributed by atoms with E-state index in [0.717, 1.165) is 23.0 Å². The third kappa shape index (κ3) is 4.81. The Morgan fingerprint density at radius 2 is 1.83 bits per heavy atom. The van der Waals surface area contributed by atoms with Crippen LogP contribution in [0.15, 0.2) is 52.0 Å². The quantitative estimate of drug-likeness (QED) is 0.500. The number of aryl methyl sites for hydroxylation is 3. The summed E-state index contributed by atoms with van der Waals surface area (Å²) >= 11 is 6.12. The first-order valence-electron chi connectivity index (χ1n) is 9.00. The molecule has 1 amide bonds. The summed E-state index contributed by atoms with van der Waals surface area (Å²) in [5.74, 6) is 0.103. The Bertz CT molecular complexity index is 1180. The van der Waals surface area contributed by atoms with E-state index >= 15 is 0 Å². The van der Waals surface area contributed by atoms with Gasteiger partial charge in [0.25, 0.3) is 0 Å². The maximum atomic E-state index is 13.1. The molecule has 1 aromatic carbocycles. The Labute approximate surface area is 179 Å². The van der Waals surface area contributed by atoms with Crippen molar-refractivity contribution in [3.8, 4) is 0 Å². The molecule has 0 aliphatic carbocycles. The molecule has 30 heavy (non-hydrogen) atoms. The third-order valence-electron chi connectivity index (χ3n) is 4.45. The number of carbonyl (C=O) groups excluding carboxylic acids is 1. The van der Waals surface area contributed by atoms with Crippen molar-refractivity contribution in [1.82, 2.24) is 0 Å². The van der Waals surface area contributed by atoms with Gasteiger partial charge < -0.3 is 9.73 Å². The summed E-state index contributed by atoms with van der Waals surface area (Å²) < 4.78 is 30.7. The highest BCUT2D eigenvalue weighted by atomic mass is 35.5. The number of pyridine rings is 1. The van der Waals surface area contributed by atoms with Crippen LogP contribution in [0.3, 0.4) is 0 Å². The number of carbonyl (C=O) groups is 1. The molecule has 2 aromatic heterocycles. The fourth-order valence-corrected chi connectivity index (χ4v) is 4.25. The Morgan fingerprint density at radius 1 is 1.17 bits per heavy atom. The molecule has 0 saturated carbocycles. The zero-order valence-corrected chi connectivity index (χ0v) is 18.3. The first-order chi connectivity index (χ1) is 14.1. The number of nitrogens with one attached hydrogen (secondary N) is 2. The molecule has 0 fully saturated rings. The number of hydrogen-bond acceptors (Lipinski definition) is 5. The number of nitrogens with zero attached hydrogens (tertiary/aromatic N) is 1. The third-order valence-corrected chi connectivity index (χ3v) is 5.82. The molecule has 0 bridgehead atoms. The smallest absolute Gasteiger partial charge is 0.307 e. The Balaban J connectivity index is 2.02. The molecule has 0 aliphatic heterocycles. The van der Waals surface area contributed by atoms with Crippen LogP contribution in [0.2, 0.25) is 5.02 Å². The van der Waals surface area contributed by atoms with Crippen molar-refractivity contribution in [3.05, 3.63) is 76.0 Å². The molecular formula is C20H22ClN4O4S+. The van der Waals surface area contributed by atoms with Gasteiger partial charge in [0.05, 0.1) is 23.4 Å². The summed E-state index contributed by atoms with van der Waals surface area (Å²) in [5, 5.41) is 8.23. The number of benzene rings is 1. The van der Waals surface area contributed by atoms with Crippen LogP contribution in [0.5, 0.6) is 0 Å². The molecule has 2 heterocycles. The Hall–Kier alpha value is -2.88. The van der Waals surface area contributed by atoms with Crippen LogP contribution in [0.1, 0.15) is 33.1 Å². The van der Waals surface area contributed by atoms with Gasteiger partial charge in [-0.3, -0.25) is 4.79 Å². The average molecular weight is 450 g/mol. The monoisotopic (exact) mass is 449 g/mol. The molecule has 0 unspecified atom stereocenters. The molecule has 0 spiro atoms. The van der Waals surface area contributed by atoms with Crippen LogP contribution in [-0.2, 0) is 16.6 Å². The van der Waals surface area contributed by atoms with Crippen molar-refractivity contribution in [3.63, 3.8) is 0 Å². The number of aromatic nitrogens is 1. The number of nitrogens with two attached hydrogens (primary N) is 1. The number of hydrogen-bond donors (Lipinski definition) is 3. The van der Waals surface area contributed by atoms with E-state index in [9.17, 15) is 13.2 Å². The van der Waals surface area contributed by atoms with E-state index in [-0.39, 0.29) is 22.0 Å². The Kier molecular flexibility index (Phi) is 6.16. The number of halogens is 1. The molecule has 0 saturated heterocycles. The van der Waals surface area contributed by atoms with Crippen LogP contribution < -0.4 is 20.6 Å². The number of amides is 1. The molecule has 0 aliphatic rings. The van der Waals surface area contributed by atoms with Gasteiger partial charge in [-0.05, 0) is 36.8 Å². The molecule has 4 N–H and O–H groups in total. The van der Waals surface area contributed by atoms with Gasteiger partial charge in [0.1, 0.15) is 10.7 Å². The van der Waals surface area contributed by atoms with Gasteiger partial charge >= 0.3 is 5.91 Å². The van der Waals surface area contributed by atoms with E-state index in [1.807, 2.05) is 32.9 Å². The molecular weight excluding hydrogens is 428 g/mol. The summed E-state index contributed by atoms with van der Waals surface area (Å²) in [4.78, 5) is 12.8. The van der Waals surface area contributed by atoms with E-state index < -0.39 is 15.9 Å².